The number of carbonyl (C=O) groups excluding carboxylic acids is 4. The van der Waals surface area contributed by atoms with E-state index in [9.17, 15) is 41.5 Å². The molecule has 0 aliphatic carbocycles. The van der Waals surface area contributed by atoms with Gasteiger partial charge in [-0.1, -0.05) is 44.2 Å². The molecule has 0 aliphatic heterocycles. The summed E-state index contributed by atoms with van der Waals surface area (Å²) in [6, 6.07) is 5.32. The summed E-state index contributed by atoms with van der Waals surface area (Å²) in [5, 5.41) is 15.8. The van der Waals surface area contributed by atoms with Gasteiger partial charge in [-0.3, -0.25) is 24.0 Å². The summed E-state index contributed by atoms with van der Waals surface area (Å²) >= 11 is 0. The zero-order chi connectivity index (χ0) is 29.3. The van der Waals surface area contributed by atoms with Crippen LogP contribution >= 0.6 is 0 Å². The van der Waals surface area contributed by atoms with E-state index >= 15 is 0 Å². The molecule has 0 radical (unpaired) electrons. The Balaban J connectivity index is 2.08. The Kier molecular flexibility index (Phi) is 10.9. The maximum Gasteiger partial charge on any atom is 0.309 e. The summed E-state index contributed by atoms with van der Waals surface area (Å²) in [5.41, 5.74) is 0.704. The van der Waals surface area contributed by atoms with Crippen molar-refractivity contribution in [3.05, 3.63) is 65.2 Å². The van der Waals surface area contributed by atoms with Crippen LogP contribution in [0.4, 0.5) is 17.6 Å². The second-order valence-corrected chi connectivity index (χ2v) is 8.57. The molecule has 2 aromatic carbocycles. The van der Waals surface area contributed by atoms with Crippen molar-refractivity contribution in [3.63, 3.8) is 0 Å². The van der Waals surface area contributed by atoms with Crippen molar-refractivity contribution in [2.45, 2.75) is 38.9 Å². The molecule has 0 spiro atoms. The summed E-state index contributed by atoms with van der Waals surface area (Å²) in [6.45, 7) is 1.74. The maximum absolute atomic E-state index is 13.8. The van der Waals surface area contributed by atoms with E-state index < -0.39 is 89.5 Å². The molecule has 0 bridgehead atoms. The molecule has 2 rings (SSSR count). The molecule has 4 N–H and O–H groups in total. The molecule has 0 unspecified atom stereocenters. The predicted molar refractivity (Wildman–Crippen MR) is 126 cm³/mol. The summed E-state index contributed by atoms with van der Waals surface area (Å²) < 4.78 is 58.9. The number of ketones is 1. The summed E-state index contributed by atoms with van der Waals surface area (Å²) in [4.78, 5) is 61.1. The predicted octanol–water partition coefficient (Wildman–Crippen LogP) is 1.61. The van der Waals surface area contributed by atoms with Crippen LogP contribution in [0.15, 0.2) is 36.4 Å². The highest BCUT2D eigenvalue weighted by molar-refractivity contribution is 6.35. The lowest BCUT2D eigenvalue weighted by atomic mass is 10.0. The number of carboxylic acid groups (broad SMARTS) is 1. The van der Waals surface area contributed by atoms with Gasteiger partial charge in [-0.2, -0.15) is 8.78 Å². The first-order chi connectivity index (χ1) is 18.3. The first kappa shape index (κ1) is 30.7. The first-order valence-corrected chi connectivity index (χ1v) is 11.4. The fourth-order valence-electron chi connectivity index (χ4n) is 3.20. The van der Waals surface area contributed by atoms with Crippen LogP contribution in [0.3, 0.4) is 0 Å². The van der Waals surface area contributed by atoms with E-state index in [1.165, 1.54) is 13.8 Å². The molecule has 0 saturated carbocycles. The highest BCUT2D eigenvalue weighted by Gasteiger charge is 2.32. The second-order valence-electron chi connectivity index (χ2n) is 8.57. The minimum Gasteiger partial charge on any atom is -0.481 e. The SMILES string of the molecule is CC(C)[C@H](NC(=O)C(=O)NCc1ccccc1)C(=O)N[C@@H](CC(=O)O)C(=O)COc1c(F)c(F)cc(F)c1F. The third-order valence-corrected chi connectivity index (χ3v) is 5.25. The zero-order valence-corrected chi connectivity index (χ0v) is 20.7. The standard InChI is InChI=1S/C25H25F4N3O7/c1-12(2)21(32-25(38)24(37)30-10-13-6-4-3-5-7-13)23(36)31-16(9-18(34)35)17(33)11-39-22-19(28)14(26)8-15(27)20(22)29/h3-8,12,16,21H,9-11H2,1-2H3,(H,30,37)(H,31,36)(H,32,38)(H,34,35)/t16-,21-/m0/s1. The van der Waals surface area contributed by atoms with Crippen molar-refractivity contribution >= 4 is 29.5 Å². The number of benzene rings is 2. The van der Waals surface area contributed by atoms with E-state index in [0.29, 0.717) is 5.56 Å². The number of Topliss-reactive ketones (excluding diaryl/α,β-unsaturated/α-hetero) is 1. The Morgan fingerprint density at radius 3 is 2.03 bits per heavy atom. The minimum absolute atomic E-state index is 0.0250. The molecule has 14 heteroatoms. The quantitative estimate of drug-likeness (QED) is 0.177. The van der Waals surface area contributed by atoms with Gasteiger partial charge in [-0.25, -0.2) is 8.78 Å². The van der Waals surface area contributed by atoms with Gasteiger partial charge in [-0.15, -0.1) is 0 Å². The van der Waals surface area contributed by atoms with Crippen LogP contribution in [-0.2, 0) is 30.5 Å². The van der Waals surface area contributed by atoms with Gasteiger partial charge < -0.3 is 25.8 Å². The van der Waals surface area contributed by atoms with E-state index in [1.807, 2.05) is 0 Å². The summed E-state index contributed by atoms with van der Waals surface area (Å²) in [5.74, 6) is -15.7. The van der Waals surface area contributed by atoms with Gasteiger partial charge in [0.25, 0.3) is 0 Å². The number of amides is 3. The van der Waals surface area contributed by atoms with Crippen molar-refractivity contribution in [3.8, 4) is 5.75 Å². The van der Waals surface area contributed by atoms with Crippen molar-refractivity contribution < 1.29 is 51.4 Å². The second kappa shape index (κ2) is 13.9. The van der Waals surface area contributed by atoms with E-state index in [0.717, 1.165) is 0 Å². The number of hydrogen-bond donors (Lipinski definition) is 4. The molecule has 0 heterocycles. The molecule has 210 valence electrons. The smallest absolute Gasteiger partial charge is 0.309 e. The average molecular weight is 555 g/mol. The summed E-state index contributed by atoms with van der Waals surface area (Å²) in [7, 11) is 0. The van der Waals surface area contributed by atoms with Gasteiger partial charge in [0.1, 0.15) is 18.7 Å². The fourth-order valence-corrected chi connectivity index (χ4v) is 3.20. The van der Waals surface area contributed by atoms with E-state index in [-0.39, 0.29) is 12.6 Å². The maximum atomic E-state index is 13.8. The van der Waals surface area contributed by atoms with Crippen LogP contribution in [0.5, 0.6) is 5.75 Å². The van der Waals surface area contributed by atoms with Crippen LogP contribution in [0.25, 0.3) is 0 Å². The number of halogens is 4. The van der Waals surface area contributed by atoms with Crippen molar-refractivity contribution in [2.24, 2.45) is 5.92 Å². The molecule has 0 fully saturated rings. The van der Waals surface area contributed by atoms with Gasteiger partial charge in [0.15, 0.2) is 23.2 Å². The fraction of sp³-hybridized carbons (Fsp3) is 0.320. The minimum atomic E-state index is -1.92. The van der Waals surface area contributed by atoms with Gasteiger partial charge >= 0.3 is 17.8 Å². The van der Waals surface area contributed by atoms with Crippen molar-refractivity contribution in [1.29, 1.82) is 0 Å². The Labute approximate surface area is 219 Å². The van der Waals surface area contributed by atoms with E-state index in [1.54, 1.807) is 30.3 Å². The molecule has 0 aliphatic rings. The molecular weight excluding hydrogens is 530 g/mol. The number of nitrogens with one attached hydrogen (secondary N) is 3. The highest BCUT2D eigenvalue weighted by atomic mass is 19.2. The first-order valence-electron chi connectivity index (χ1n) is 11.4. The average Bonchev–Trinajstić information content (AvgIpc) is 2.88. The van der Waals surface area contributed by atoms with Crippen molar-refractivity contribution in [1.82, 2.24) is 16.0 Å². The number of carbonyl (C=O) groups is 5. The van der Waals surface area contributed by atoms with E-state index in [2.05, 4.69) is 20.7 Å². The van der Waals surface area contributed by atoms with Crippen LogP contribution in [-0.4, -0.2) is 53.3 Å². The largest absolute Gasteiger partial charge is 0.481 e. The Hall–Kier alpha value is -4.49. The Morgan fingerprint density at radius 1 is 0.897 bits per heavy atom. The molecule has 2 aromatic rings. The van der Waals surface area contributed by atoms with Crippen LogP contribution in [0, 0.1) is 29.2 Å². The molecule has 3 amide bonds. The monoisotopic (exact) mass is 555 g/mol. The number of carboxylic acids is 1. The third kappa shape index (κ3) is 8.79. The van der Waals surface area contributed by atoms with Gasteiger partial charge in [0.2, 0.25) is 17.5 Å². The number of aliphatic carboxylic acids is 1. The topological polar surface area (TPSA) is 151 Å². The number of hydrogen-bond acceptors (Lipinski definition) is 6. The highest BCUT2D eigenvalue weighted by Crippen LogP contribution is 2.26. The van der Waals surface area contributed by atoms with Gasteiger partial charge in [0.05, 0.1) is 6.42 Å². The Bertz CT molecular complexity index is 1220. The zero-order valence-electron chi connectivity index (χ0n) is 20.7. The molecule has 2 atom stereocenters. The molecule has 39 heavy (non-hydrogen) atoms. The summed E-state index contributed by atoms with van der Waals surface area (Å²) in [6.07, 6.45) is -1.01. The van der Waals surface area contributed by atoms with Crippen LogP contribution < -0.4 is 20.7 Å². The number of rotatable bonds is 12. The normalized spacial score (nSPS) is 12.3. The third-order valence-electron chi connectivity index (χ3n) is 5.25. The number of ether oxygens (including phenoxy) is 1. The van der Waals surface area contributed by atoms with Gasteiger partial charge in [0, 0.05) is 12.6 Å². The molecule has 0 saturated heterocycles. The Morgan fingerprint density at radius 2 is 1.49 bits per heavy atom. The van der Waals surface area contributed by atoms with Crippen LogP contribution in [0.2, 0.25) is 0 Å². The lowest BCUT2D eigenvalue weighted by Gasteiger charge is -2.24. The molecule has 0 aromatic heterocycles. The molecular formula is C25H25F4N3O7. The molecule has 10 nitrogen and oxygen atoms in total. The van der Waals surface area contributed by atoms with Crippen molar-refractivity contribution in [2.75, 3.05) is 6.61 Å². The van der Waals surface area contributed by atoms with Gasteiger partial charge in [-0.05, 0) is 11.5 Å². The lowest BCUT2D eigenvalue weighted by molar-refractivity contribution is -0.142. The van der Waals surface area contributed by atoms with Crippen LogP contribution in [0.1, 0.15) is 25.8 Å². The lowest BCUT2D eigenvalue weighted by Crippen LogP contribution is -2.56. The van der Waals surface area contributed by atoms with E-state index in [4.69, 9.17) is 5.11 Å².